The highest BCUT2D eigenvalue weighted by atomic mass is 32.2. The Morgan fingerprint density at radius 2 is 1.57 bits per heavy atom. The van der Waals surface area contributed by atoms with Crippen molar-refractivity contribution < 1.29 is 8.42 Å². The van der Waals surface area contributed by atoms with E-state index in [1.807, 2.05) is 51.1 Å². The van der Waals surface area contributed by atoms with Crippen LogP contribution in [-0.2, 0) is 10.0 Å². The molecule has 3 nitrogen and oxygen atoms in total. The summed E-state index contributed by atoms with van der Waals surface area (Å²) in [4.78, 5) is 0. The van der Waals surface area contributed by atoms with Crippen molar-refractivity contribution in [2.45, 2.75) is 65.2 Å². The normalized spacial score (nSPS) is 15.0. The molecule has 0 bridgehead atoms. The molecule has 4 heteroatoms. The number of hydrogen-bond acceptors (Lipinski definition) is 2. The molecular formula is C17H29NO2S. The highest BCUT2D eigenvalue weighted by Gasteiger charge is 2.34. The summed E-state index contributed by atoms with van der Waals surface area (Å²) in [6.07, 6.45) is 1.34. The van der Waals surface area contributed by atoms with E-state index in [0.717, 1.165) is 12.0 Å². The molecule has 21 heavy (non-hydrogen) atoms. The molecule has 0 saturated heterocycles. The lowest BCUT2D eigenvalue weighted by Gasteiger charge is -2.34. The van der Waals surface area contributed by atoms with Gasteiger partial charge in [-0.3, -0.25) is 0 Å². The number of benzene rings is 1. The van der Waals surface area contributed by atoms with Gasteiger partial charge in [-0.1, -0.05) is 58.0 Å². The molecule has 0 aromatic heterocycles. The number of hydrogen-bond donors (Lipinski definition) is 1. The Morgan fingerprint density at radius 3 is 2.00 bits per heavy atom. The van der Waals surface area contributed by atoms with Crippen molar-refractivity contribution in [2.75, 3.05) is 0 Å². The third-order valence-electron chi connectivity index (χ3n) is 3.31. The van der Waals surface area contributed by atoms with E-state index >= 15 is 0 Å². The molecule has 0 amide bonds. The third kappa shape index (κ3) is 5.79. The van der Waals surface area contributed by atoms with Gasteiger partial charge in [-0.15, -0.1) is 0 Å². The summed E-state index contributed by atoms with van der Waals surface area (Å²) in [6, 6.07) is 9.43. The summed E-state index contributed by atoms with van der Waals surface area (Å²) in [5.41, 5.74) is 0.457. The van der Waals surface area contributed by atoms with Crippen molar-refractivity contribution in [1.82, 2.24) is 4.72 Å². The minimum absolute atomic E-state index is 0.0699. The predicted molar refractivity (Wildman–Crippen MR) is 89.7 cm³/mol. The molecule has 0 aliphatic rings. The second-order valence-electron chi connectivity index (χ2n) is 7.58. The molecule has 0 saturated carbocycles. The lowest BCUT2D eigenvalue weighted by Crippen LogP contribution is -2.47. The first kappa shape index (κ1) is 18.2. The Morgan fingerprint density at radius 1 is 1.05 bits per heavy atom. The van der Waals surface area contributed by atoms with E-state index in [2.05, 4.69) is 25.5 Å². The Balaban J connectivity index is 2.99. The molecule has 120 valence electrons. The zero-order valence-corrected chi connectivity index (χ0v) is 14.9. The van der Waals surface area contributed by atoms with Gasteiger partial charge in [0.2, 0.25) is 10.0 Å². The summed E-state index contributed by atoms with van der Waals surface area (Å²) >= 11 is 0. The van der Waals surface area contributed by atoms with Crippen LogP contribution in [0.3, 0.4) is 0 Å². The Bertz CT molecular complexity index is 542. The van der Waals surface area contributed by atoms with Gasteiger partial charge in [0, 0.05) is 5.54 Å². The molecule has 0 fully saturated rings. The number of sulfonamides is 1. The van der Waals surface area contributed by atoms with E-state index in [9.17, 15) is 8.42 Å². The van der Waals surface area contributed by atoms with Crippen LogP contribution in [0.4, 0.5) is 0 Å². The summed E-state index contributed by atoms with van der Waals surface area (Å²) in [5.74, 6) is 0. The zero-order valence-electron chi connectivity index (χ0n) is 14.1. The second kappa shape index (κ2) is 6.49. The van der Waals surface area contributed by atoms with Gasteiger partial charge in [-0.05, 0) is 37.7 Å². The highest BCUT2D eigenvalue weighted by Crippen LogP contribution is 2.31. The molecular weight excluding hydrogens is 282 g/mol. The number of rotatable bonds is 6. The van der Waals surface area contributed by atoms with Crippen molar-refractivity contribution in [3.63, 3.8) is 0 Å². The van der Waals surface area contributed by atoms with Crippen molar-refractivity contribution in [3.8, 4) is 0 Å². The first-order valence-corrected chi connectivity index (χ1v) is 9.09. The fourth-order valence-electron chi connectivity index (χ4n) is 3.12. The van der Waals surface area contributed by atoms with Gasteiger partial charge < -0.3 is 0 Å². The summed E-state index contributed by atoms with van der Waals surface area (Å²) < 4.78 is 28.4. The predicted octanol–water partition coefficient (Wildman–Crippen LogP) is 4.27. The topological polar surface area (TPSA) is 46.2 Å². The average Bonchev–Trinajstić information content (AvgIpc) is 2.25. The van der Waals surface area contributed by atoms with Crippen molar-refractivity contribution in [3.05, 3.63) is 35.9 Å². The van der Waals surface area contributed by atoms with E-state index < -0.39 is 20.8 Å². The van der Waals surface area contributed by atoms with Crippen LogP contribution in [0.2, 0.25) is 0 Å². The SMILES string of the molecule is CCC(c1ccccc1)S(=O)(=O)NC(C)(C)CC(C)(C)C. The minimum Gasteiger partial charge on any atom is -0.212 e. The first-order valence-electron chi connectivity index (χ1n) is 7.54. The van der Waals surface area contributed by atoms with Crippen LogP contribution in [0.25, 0.3) is 0 Å². The van der Waals surface area contributed by atoms with Crippen molar-refractivity contribution >= 4 is 10.0 Å². The lowest BCUT2D eigenvalue weighted by molar-refractivity contribution is 0.268. The summed E-state index contributed by atoms with van der Waals surface area (Å²) in [5, 5.41) is -0.502. The largest absolute Gasteiger partial charge is 0.219 e. The molecule has 0 radical (unpaired) electrons. The first-order chi connectivity index (χ1) is 9.47. The van der Waals surface area contributed by atoms with Gasteiger partial charge in [-0.2, -0.15) is 0 Å². The fraction of sp³-hybridized carbons (Fsp3) is 0.647. The van der Waals surface area contributed by atoms with Crippen LogP contribution in [-0.4, -0.2) is 14.0 Å². The van der Waals surface area contributed by atoms with Crippen molar-refractivity contribution in [2.24, 2.45) is 5.41 Å². The minimum atomic E-state index is -3.41. The maximum absolute atomic E-state index is 12.8. The highest BCUT2D eigenvalue weighted by molar-refractivity contribution is 7.89. The van der Waals surface area contributed by atoms with Gasteiger partial charge in [0.25, 0.3) is 0 Å². The number of nitrogens with one attached hydrogen (secondary N) is 1. The molecule has 1 N–H and O–H groups in total. The van der Waals surface area contributed by atoms with E-state index in [1.54, 1.807) is 0 Å². The zero-order chi connectivity index (χ0) is 16.3. The fourth-order valence-corrected chi connectivity index (χ4v) is 5.06. The van der Waals surface area contributed by atoms with Crippen LogP contribution < -0.4 is 4.72 Å². The van der Waals surface area contributed by atoms with Crippen molar-refractivity contribution in [1.29, 1.82) is 0 Å². The molecule has 0 spiro atoms. The second-order valence-corrected chi connectivity index (χ2v) is 9.44. The molecule has 1 unspecified atom stereocenters. The van der Waals surface area contributed by atoms with Gasteiger partial charge in [0.15, 0.2) is 0 Å². The lowest BCUT2D eigenvalue weighted by atomic mass is 9.82. The molecule has 1 rings (SSSR count). The van der Waals surface area contributed by atoms with Crippen LogP contribution in [0.5, 0.6) is 0 Å². The Hall–Kier alpha value is -0.870. The maximum atomic E-state index is 12.8. The Labute approximate surface area is 130 Å². The standard InChI is InChI=1S/C17H29NO2S/c1-7-15(14-11-9-8-10-12-14)21(19,20)18-17(5,6)13-16(2,3)4/h8-12,15,18H,7,13H2,1-6H3. The van der Waals surface area contributed by atoms with E-state index in [1.165, 1.54) is 0 Å². The van der Waals surface area contributed by atoms with Gasteiger partial charge in [0.1, 0.15) is 5.25 Å². The third-order valence-corrected chi connectivity index (χ3v) is 5.50. The van der Waals surface area contributed by atoms with Crippen LogP contribution >= 0.6 is 0 Å². The van der Waals surface area contributed by atoms with Crippen LogP contribution in [0.1, 0.15) is 65.2 Å². The molecule has 1 aromatic rings. The smallest absolute Gasteiger partial charge is 0.212 e. The van der Waals surface area contributed by atoms with E-state index in [-0.39, 0.29) is 5.41 Å². The quantitative estimate of drug-likeness (QED) is 0.852. The van der Waals surface area contributed by atoms with Gasteiger partial charge in [0.05, 0.1) is 0 Å². The van der Waals surface area contributed by atoms with E-state index in [0.29, 0.717) is 6.42 Å². The molecule has 0 aliphatic carbocycles. The monoisotopic (exact) mass is 311 g/mol. The average molecular weight is 311 g/mol. The van der Waals surface area contributed by atoms with E-state index in [4.69, 9.17) is 0 Å². The van der Waals surface area contributed by atoms with Gasteiger partial charge >= 0.3 is 0 Å². The van der Waals surface area contributed by atoms with Crippen LogP contribution in [0, 0.1) is 5.41 Å². The van der Waals surface area contributed by atoms with Crippen LogP contribution in [0.15, 0.2) is 30.3 Å². The Kier molecular flexibility index (Phi) is 5.62. The van der Waals surface area contributed by atoms with Gasteiger partial charge in [-0.25, -0.2) is 13.1 Å². The maximum Gasteiger partial charge on any atom is 0.219 e. The molecule has 1 atom stereocenters. The molecule has 0 heterocycles. The molecule has 1 aromatic carbocycles. The molecule has 0 aliphatic heterocycles. The summed E-state index contributed by atoms with van der Waals surface area (Å²) in [7, 11) is -3.41. The summed E-state index contributed by atoms with van der Waals surface area (Å²) in [6.45, 7) is 12.2.